The van der Waals surface area contributed by atoms with Gasteiger partial charge in [-0.05, 0) is 17.5 Å². The first-order valence-electron chi connectivity index (χ1n) is 5.68. The molecule has 0 amide bonds. The number of rotatable bonds is 0. The Balaban J connectivity index is 2.03. The quantitative estimate of drug-likeness (QED) is 0.641. The van der Waals surface area contributed by atoms with E-state index in [1.54, 1.807) is 9.36 Å². The van der Waals surface area contributed by atoms with Crippen LogP contribution in [0.2, 0.25) is 0 Å². The minimum absolute atomic E-state index is 0.0626. The molecule has 2 aliphatic rings. The van der Waals surface area contributed by atoms with Crippen molar-refractivity contribution < 1.29 is 0 Å². The van der Waals surface area contributed by atoms with Crippen molar-refractivity contribution >= 4 is 0 Å². The van der Waals surface area contributed by atoms with Crippen LogP contribution in [0.25, 0.3) is 0 Å². The molecule has 1 aliphatic carbocycles. The second kappa shape index (κ2) is 2.61. The fourth-order valence-electron chi connectivity index (χ4n) is 3.13. The van der Waals surface area contributed by atoms with Crippen molar-refractivity contribution in [2.75, 3.05) is 0 Å². The summed E-state index contributed by atoms with van der Waals surface area (Å²) in [5, 5.41) is 0. The minimum Gasteiger partial charge on any atom is -0.246 e. The summed E-state index contributed by atoms with van der Waals surface area (Å²) in [5.74, 6) is 0. The lowest BCUT2D eigenvalue weighted by atomic mass is 10.1. The Kier molecular flexibility index (Phi) is 1.39. The molecule has 2 aromatic rings. The van der Waals surface area contributed by atoms with Crippen LogP contribution in [0.15, 0.2) is 33.9 Å². The maximum absolute atomic E-state index is 11.9. The van der Waals surface area contributed by atoms with Crippen LogP contribution >= 0.6 is 0 Å². The molecule has 5 heteroatoms. The largest absolute Gasteiger partial charge is 0.347 e. The van der Waals surface area contributed by atoms with E-state index in [4.69, 9.17) is 0 Å². The summed E-state index contributed by atoms with van der Waals surface area (Å²) in [7, 11) is 1.53. The van der Waals surface area contributed by atoms with E-state index >= 15 is 0 Å². The maximum Gasteiger partial charge on any atom is 0.347 e. The summed E-state index contributed by atoms with van der Waals surface area (Å²) in [6.45, 7) is 0. The van der Waals surface area contributed by atoms with Crippen LogP contribution in [-0.4, -0.2) is 13.9 Å². The zero-order valence-corrected chi connectivity index (χ0v) is 9.33. The number of hydrogen-bond donors (Lipinski definition) is 0. The first kappa shape index (κ1) is 9.04. The van der Waals surface area contributed by atoms with E-state index in [2.05, 4.69) is 6.07 Å². The van der Waals surface area contributed by atoms with Crippen LogP contribution in [0.3, 0.4) is 0 Å². The Hall–Kier alpha value is -2.04. The molecule has 0 bridgehead atoms. The van der Waals surface area contributed by atoms with E-state index in [9.17, 15) is 9.59 Å². The molecule has 2 unspecified atom stereocenters. The standard InChI is InChI=1S/C12H11N3O2/c1-13-11(16)14-9-6-7-4-2-3-5-8(7)10(9)15(14)12(13)17/h2-5,9-10H,6H2,1H3. The summed E-state index contributed by atoms with van der Waals surface area (Å²) in [6.07, 6.45) is 0.851. The third kappa shape index (κ3) is 0.833. The normalized spacial score (nSPS) is 23.8. The van der Waals surface area contributed by atoms with Crippen molar-refractivity contribution in [2.45, 2.75) is 18.5 Å². The molecule has 0 saturated heterocycles. The van der Waals surface area contributed by atoms with Crippen molar-refractivity contribution in [1.82, 2.24) is 13.9 Å². The predicted molar refractivity (Wildman–Crippen MR) is 61.3 cm³/mol. The monoisotopic (exact) mass is 229 g/mol. The van der Waals surface area contributed by atoms with Crippen molar-refractivity contribution in [3.05, 3.63) is 56.4 Å². The lowest BCUT2D eigenvalue weighted by Crippen LogP contribution is -2.46. The van der Waals surface area contributed by atoms with Gasteiger partial charge in [-0.3, -0.25) is 0 Å². The Morgan fingerprint density at radius 2 is 1.82 bits per heavy atom. The smallest absolute Gasteiger partial charge is 0.246 e. The van der Waals surface area contributed by atoms with Crippen LogP contribution in [0, 0.1) is 0 Å². The Bertz CT molecular complexity index is 750. The molecule has 0 fully saturated rings. The third-order valence-corrected chi connectivity index (χ3v) is 3.94. The molecule has 17 heavy (non-hydrogen) atoms. The highest BCUT2D eigenvalue weighted by Crippen LogP contribution is 2.46. The van der Waals surface area contributed by atoms with E-state index in [0.29, 0.717) is 0 Å². The van der Waals surface area contributed by atoms with Crippen molar-refractivity contribution in [3.8, 4) is 0 Å². The van der Waals surface area contributed by atoms with Gasteiger partial charge in [0, 0.05) is 7.05 Å². The van der Waals surface area contributed by atoms with Crippen LogP contribution in [0.5, 0.6) is 0 Å². The summed E-state index contributed by atoms with van der Waals surface area (Å²) in [6, 6.07) is 8.30. The van der Waals surface area contributed by atoms with Gasteiger partial charge in [-0.2, -0.15) is 0 Å². The molecule has 1 aliphatic heterocycles. The lowest BCUT2D eigenvalue weighted by molar-refractivity contribution is 0.173. The second-order valence-electron chi connectivity index (χ2n) is 4.73. The number of nitrogens with zero attached hydrogens (tertiary/aromatic N) is 3. The van der Waals surface area contributed by atoms with Crippen LogP contribution in [0.1, 0.15) is 23.2 Å². The molecule has 0 saturated carbocycles. The summed E-state index contributed by atoms with van der Waals surface area (Å²) < 4.78 is 4.35. The molecule has 86 valence electrons. The summed E-state index contributed by atoms with van der Waals surface area (Å²) in [5.41, 5.74) is 2.02. The molecule has 1 aromatic carbocycles. The average molecular weight is 229 g/mol. The van der Waals surface area contributed by atoms with Gasteiger partial charge in [0.1, 0.15) is 6.04 Å². The predicted octanol–water partition coefficient (Wildman–Crippen LogP) is 0.0487. The molecular formula is C12H11N3O2. The molecule has 1 aromatic heterocycles. The molecule has 2 atom stereocenters. The molecule has 4 rings (SSSR count). The highest BCUT2D eigenvalue weighted by molar-refractivity contribution is 5.39. The van der Waals surface area contributed by atoms with E-state index in [1.165, 1.54) is 22.7 Å². The second-order valence-corrected chi connectivity index (χ2v) is 4.73. The van der Waals surface area contributed by atoms with Crippen molar-refractivity contribution in [3.63, 3.8) is 0 Å². The Morgan fingerprint density at radius 3 is 2.65 bits per heavy atom. The van der Waals surface area contributed by atoms with Gasteiger partial charge >= 0.3 is 11.4 Å². The molecule has 0 spiro atoms. The third-order valence-electron chi connectivity index (χ3n) is 3.94. The fourth-order valence-corrected chi connectivity index (χ4v) is 3.13. The first-order chi connectivity index (χ1) is 8.20. The van der Waals surface area contributed by atoms with Crippen LogP contribution < -0.4 is 11.4 Å². The molecule has 2 heterocycles. The maximum atomic E-state index is 11.9. The Morgan fingerprint density at radius 1 is 1.12 bits per heavy atom. The van der Waals surface area contributed by atoms with E-state index < -0.39 is 0 Å². The van der Waals surface area contributed by atoms with Gasteiger partial charge in [0.2, 0.25) is 0 Å². The minimum atomic E-state index is -0.215. The van der Waals surface area contributed by atoms with Gasteiger partial charge in [0.05, 0.1) is 6.04 Å². The van der Waals surface area contributed by atoms with Crippen molar-refractivity contribution in [1.29, 1.82) is 0 Å². The van der Waals surface area contributed by atoms with Gasteiger partial charge in [0.25, 0.3) is 0 Å². The van der Waals surface area contributed by atoms with E-state index in [-0.39, 0.29) is 23.5 Å². The van der Waals surface area contributed by atoms with Gasteiger partial charge in [-0.25, -0.2) is 23.5 Å². The number of fused-ring (bicyclic) bond motifs is 6. The van der Waals surface area contributed by atoms with Crippen LogP contribution in [-0.2, 0) is 13.5 Å². The van der Waals surface area contributed by atoms with E-state index in [0.717, 1.165) is 6.42 Å². The molecule has 5 nitrogen and oxygen atoms in total. The average Bonchev–Trinajstić information content (AvgIpc) is 2.71. The fraction of sp³-hybridized carbons (Fsp3) is 0.333. The van der Waals surface area contributed by atoms with Gasteiger partial charge in [-0.1, -0.05) is 24.3 Å². The number of aromatic nitrogens is 3. The first-order valence-corrected chi connectivity index (χ1v) is 5.68. The summed E-state index contributed by atoms with van der Waals surface area (Å²) in [4.78, 5) is 23.8. The van der Waals surface area contributed by atoms with Crippen LogP contribution in [0.4, 0.5) is 0 Å². The number of benzene rings is 1. The van der Waals surface area contributed by atoms with E-state index in [1.807, 2.05) is 18.2 Å². The highest BCUT2D eigenvalue weighted by Gasteiger charge is 2.47. The van der Waals surface area contributed by atoms with Gasteiger partial charge < -0.3 is 0 Å². The lowest BCUT2D eigenvalue weighted by Gasteiger charge is -2.34. The topological polar surface area (TPSA) is 48.9 Å². The zero-order chi connectivity index (χ0) is 11.7. The van der Waals surface area contributed by atoms with Gasteiger partial charge in [0.15, 0.2) is 0 Å². The van der Waals surface area contributed by atoms with Crippen molar-refractivity contribution in [2.24, 2.45) is 7.05 Å². The zero-order valence-electron chi connectivity index (χ0n) is 9.33. The molecular weight excluding hydrogens is 218 g/mol. The van der Waals surface area contributed by atoms with Gasteiger partial charge in [-0.15, -0.1) is 0 Å². The number of hydrogen-bond acceptors (Lipinski definition) is 2. The SMILES string of the molecule is Cn1c(=O)n2n(c1=O)C1c3ccccc3CC12. The molecule has 0 N–H and O–H groups in total. The Labute approximate surface area is 96.5 Å². The molecule has 0 radical (unpaired) electrons. The highest BCUT2D eigenvalue weighted by atomic mass is 16.2. The summed E-state index contributed by atoms with van der Waals surface area (Å²) >= 11 is 0.